The number of rotatable bonds is 4. The monoisotopic (exact) mass is 337 g/mol. The topological polar surface area (TPSA) is 28.5 Å². The van der Waals surface area contributed by atoms with Crippen LogP contribution in [0.25, 0.3) is 0 Å². The largest absolute Gasteiger partial charge is 0.353 e. The van der Waals surface area contributed by atoms with E-state index in [1.165, 1.54) is 24.1 Å². The third-order valence-electron chi connectivity index (χ3n) is 5.67. The lowest BCUT2D eigenvalue weighted by atomic mass is 10.1. The van der Waals surface area contributed by atoms with E-state index in [1.54, 1.807) is 0 Å². The number of aryl methyl sites for hydroxylation is 1. The highest BCUT2D eigenvalue weighted by atomic mass is 16.2. The molecular weight excluding hydrogens is 310 g/mol. The summed E-state index contributed by atoms with van der Waals surface area (Å²) in [4.78, 5) is 17.0. The van der Waals surface area contributed by atoms with Gasteiger partial charge in [0.25, 0.3) is 5.91 Å². The van der Waals surface area contributed by atoms with Crippen molar-refractivity contribution in [3.63, 3.8) is 0 Å². The number of benzene rings is 1. The van der Waals surface area contributed by atoms with Crippen LogP contribution in [0.1, 0.15) is 53.3 Å². The summed E-state index contributed by atoms with van der Waals surface area (Å²) in [5.74, 6) is 0.187. The number of likely N-dealkylation sites (tertiary alicyclic amines) is 2. The normalized spacial score (nSPS) is 21.2. The SMILES string of the molecule is Cn1cccc1C1CCCN1Cc1ccc(C(=O)N2CCCC2)cc1. The van der Waals surface area contributed by atoms with Gasteiger partial charge in [-0.3, -0.25) is 9.69 Å². The van der Waals surface area contributed by atoms with Crippen LogP contribution < -0.4 is 0 Å². The van der Waals surface area contributed by atoms with Crippen molar-refractivity contribution in [1.82, 2.24) is 14.4 Å². The van der Waals surface area contributed by atoms with Crippen LogP contribution in [0.5, 0.6) is 0 Å². The molecule has 1 aromatic carbocycles. The summed E-state index contributed by atoms with van der Waals surface area (Å²) in [5, 5.41) is 0. The molecule has 3 heterocycles. The molecule has 2 aromatic rings. The molecule has 2 saturated heterocycles. The molecule has 2 fully saturated rings. The Bertz CT molecular complexity index is 728. The van der Waals surface area contributed by atoms with Crippen molar-refractivity contribution in [1.29, 1.82) is 0 Å². The van der Waals surface area contributed by atoms with Gasteiger partial charge in [0.2, 0.25) is 0 Å². The first kappa shape index (κ1) is 16.4. The van der Waals surface area contributed by atoms with E-state index in [1.807, 2.05) is 17.0 Å². The van der Waals surface area contributed by atoms with Gasteiger partial charge in [-0.1, -0.05) is 12.1 Å². The molecule has 1 unspecified atom stereocenters. The van der Waals surface area contributed by atoms with Gasteiger partial charge in [0.15, 0.2) is 0 Å². The highest BCUT2D eigenvalue weighted by molar-refractivity contribution is 5.94. The van der Waals surface area contributed by atoms with E-state index in [2.05, 4.69) is 47.0 Å². The highest BCUT2D eigenvalue weighted by Crippen LogP contribution is 2.33. The number of aromatic nitrogens is 1. The molecule has 2 aliphatic rings. The van der Waals surface area contributed by atoms with Crippen molar-refractivity contribution in [2.45, 2.75) is 38.3 Å². The smallest absolute Gasteiger partial charge is 0.253 e. The second-order valence-electron chi connectivity index (χ2n) is 7.37. The molecule has 0 N–H and O–H groups in total. The maximum atomic E-state index is 12.5. The fourth-order valence-corrected chi connectivity index (χ4v) is 4.26. The molecule has 0 bridgehead atoms. The lowest BCUT2D eigenvalue weighted by Crippen LogP contribution is -2.27. The Hall–Kier alpha value is -2.07. The van der Waals surface area contributed by atoms with E-state index < -0.39 is 0 Å². The Kier molecular flexibility index (Phi) is 4.62. The third kappa shape index (κ3) is 3.36. The molecular formula is C21H27N3O. The Morgan fingerprint density at radius 1 is 1.04 bits per heavy atom. The van der Waals surface area contributed by atoms with Crippen LogP contribution in [0.3, 0.4) is 0 Å². The van der Waals surface area contributed by atoms with Gasteiger partial charge in [-0.05, 0) is 62.1 Å². The molecule has 2 aliphatic heterocycles. The summed E-state index contributed by atoms with van der Waals surface area (Å²) >= 11 is 0. The molecule has 132 valence electrons. The molecule has 0 radical (unpaired) electrons. The van der Waals surface area contributed by atoms with Gasteiger partial charge >= 0.3 is 0 Å². The summed E-state index contributed by atoms with van der Waals surface area (Å²) in [6, 6.07) is 13.1. The minimum atomic E-state index is 0.187. The number of amides is 1. The number of carbonyl (C=O) groups is 1. The first-order valence-electron chi connectivity index (χ1n) is 9.46. The minimum Gasteiger partial charge on any atom is -0.353 e. The number of hydrogen-bond acceptors (Lipinski definition) is 2. The third-order valence-corrected chi connectivity index (χ3v) is 5.67. The lowest BCUT2D eigenvalue weighted by molar-refractivity contribution is 0.0793. The number of nitrogens with zero attached hydrogens (tertiary/aromatic N) is 3. The van der Waals surface area contributed by atoms with Gasteiger partial charge in [-0.25, -0.2) is 0 Å². The van der Waals surface area contributed by atoms with Crippen molar-refractivity contribution >= 4 is 5.91 Å². The Labute approximate surface area is 150 Å². The molecule has 4 heteroatoms. The van der Waals surface area contributed by atoms with E-state index in [9.17, 15) is 4.79 Å². The maximum Gasteiger partial charge on any atom is 0.253 e. The zero-order chi connectivity index (χ0) is 17.2. The van der Waals surface area contributed by atoms with Gasteiger partial charge in [-0.2, -0.15) is 0 Å². The average molecular weight is 337 g/mol. The molecule has 1 atom stereocenters. The summed E-state index contributed by atoms with van der Waals surface area (Å²) in [6.45, 7) is 3.91. The van der Waals surface area contributed by atoms with E-state index >= 15 is 0 Å². The van der Waals surface area contributed by atoms with Crippen molar-refractivity contribution in [2.24, 2.45) is 7.05 Å². The number of carbonyl (C=O) groups excluding carboxylic acids is 1. The van der Waals surface area contributed by atoms with Gasteiger partial charge in [0.05, 0.1) is 6.04 Å². The zero-order valence-corrected chi connectivity index (χ0v) is 15.0. The summed E-state index contributed by atoms with van der Waals surface area (Å²) in [7, 11) is 2.13. The van der Waals surface area contributed by atoms with Gasteiger partial charge in [-0.15, -0.1) is 0 Å². The van der Waals surface area contributed by atoms with Crippen LogP contribution in [0.15, 0.2) is 42.6 Å². The standard InChI is InChI=1S/C21H27N3O/c1-22-12-4-6-19(22)20-7-5-15-24(20)16-17-8-10-18(11-9-17)21(25)23-13-2-3-14-23/h4,6,8-12,20H,2-3,5,7,13-16H2,1H3. The molecule has 0 saturated carbocycles. The van der Waals surface area contributed by atoms with E-state index in [0.29, 0.717) is 6.04 Å². The van der Waals surface area contributed by atoms with Crippen molar-refractivity contribution < 1.29 is 4.79 Å². The van der Waals surface area contributed by atoms with E-state index in [4.69, 9.17) is 0 Å². The molecule has 0 spiro atoms. The Balaban J connectivity index is 1.44. The van der Waals surface area contributed by atoms with Crippen molar-refractivity contribution in [2.75, 3.05) is 19.6 Å². The minimum absolute atomic E-state index is 0.187. The van der Waals surface area contributed by atoms with E-state index in [0.717, 1.165) is 44.6 Å². The quantitative estimate of drug-likeness (QED) is 0.853. The van der Waals surface area contributed by atoms with E-state index in [-0.39, 0.29) is 5.91 Å². The predicted molar refractivity (Wildman–Crippen MR) is 99.4 cm³/mol. The summed E-state index contributed by atoms with van der Waals surface area (Å²) < 4.78 is 2.24. The second kappa shape index (κ2) is 7.04. The number of hydrogen-bond donors (Lipinski definition) is 0. The molecule has 0 aliphatic carbocycles. The van der Waals surface area contributed by atoms with Crippen LogP contribution >= 0.6 is 0 Å². The zero-order valence-electron chi connectivity index (χ0n) is 15.0. The maximum absolute atomic E-state index is 12.5. The molecule has 1 aromatic heterocycles. The Morgan fingerprint density at radius 2 is 1.80 bits per heavy atom. The first-order chi connectivity index (χ1) is 12.2. The van der Waals surface area contributed by atoms with Gasteiger partial charge in [0.1, 0.15) is 0 Å². The highest BCUT2D eigenvalue weighted by Gasteiger charge is 2.27. The van der Waals surface area contributed by atoms with Crippen molar-refractivity contribution in [3.8, 4) is 0 Å². The molecule has 4 nitrogen and oxygen atoms in total. The second-order valence-corrected chi connectivity index (χ2v) is 7.37. The molecule has 25 heavy (non-hydrogen) atoms. The average Bonchev–Trinajstić information content (AvgIpc) is 3.36. The summed E-state index contributed by atoms with van der Waals surface area (Å²) in [5.41, 5.74) is 3.52. The van der Waals surface area contributed by atoms with Crippen molar-refractivity contribution in [3.05, 3.63) is 59.4 Å². The van der Waals surface area contributed by atoms with Gasteiger partial charge < -0.3 is 9.47 Å². The fraction of sp³-hybridized carbons (Fsp3) is 0.476. The molecule has 1 amide bonds. The van der Waals surface area contributed by atoms with Crippen LogP contribution in [-0.2, 0) is 13.6 Å². The summed E-state index contributed by atoms with van der Waals surface area (Å²) in [6.07, 6.45) is 6.88. The van der Waals surface area contributed by atoms with Crippen LogP contribution in [0.2, 0.25) is 0 Å². The van der Waals surface area contributed by atoms with Gasteiger partial charge in [0, 0.05) is 44.1 Å². The predicted octanol–water partition coefficient (Wildman–Crippen LogP) is 3.60. The van der Waals surface area contributed by atoms with Crippen LogP contribution in [0.4, 0.5) is 0 Å². The lowest BCUT2D eigenvalue weighted by Gasteiger charge is -2.25. The Morgan fingerprint density at radius 3 is 2.48 bits per heavy atom. The first-order valence-corrected chi connectivity index (χ1v) is 9.46. The van der Waals surface area contributed by atoms with Crippen LogP contribution in [0, 0.1) is 0 Å². The molecule has 4 rings (SSSR count). The van der Waals surface area contributed by atoms with Crippen LogP contribution in [-0.4, -0.2) is 39.9 Å². The fourth-order valence-electron chi connectivity index (χ4n) is 4.26.